The molecule has 2 nitrogen and oxygen atoms in total. The van der Waals surface area contributed by atoms with Crippen LogP contribution in [0, 0.1) is 5.41 Å². The number of carboxylic acid groups (broad SMARTS) is 1. The van der Waals surface area contributed by atoms with Gasteiger partial charge in [0, 0.05) is 4.83 Å². The number of benzene rings is 1. The summed E-state index contributed by atoms with van der Waals surface area (Å²) < 4.78 is 0. The van der Waals surface area contributed by atoms with Crippen molar-refractivity contribution in [3.8, 4) is 0 Å². The second-order valence-electron chi connectivity index (χ2n) is 3.76. The molecule has 3 heteroatoms. The maximum Gasteiger partial charge on any atom is 0.314 e. The van der Waals surface area contributed by atoms with E-state index in [4.69, 9.17) is 5.11 Å². The number of carbonyl (C=O) groups is 1. The van der Waals surface area contributed by atoms with Crippen LogP contribution < -0.4 is 0 Å². The fourth-order valence-electron chi connectivity index (χ4n) is 1.51. The summed E-state index contributed by atoms with van der Waals surface area (Å²) in [6.45, 7) is 0. The topological polar surface area (TPSA) is 37.3 Å². The average Bonchev–Trinajstić information content (AvgIpc) is 2.90. The summed E-state index contributed by atoms with van der Waals surface area (Å²) in [4.78, 5) is 11.1. The maximum absolute atomic E-state index is 11.0. The van der Waals surface area contributed by atoms with E-state index in [9.17, 15) is 4.79 Å². The zero-order valence-electron chi connectivity index (χ0n) is 8.06. The predicted molar refractivity (Wildman–Crippen MR) is 62.9 cm³/mol. The smallest absolute Gasteiger partial charge is 0.314 e. The van der Waals surface area contributed by atoms with E-state index in [1.54, 1.807) is 6.08 Å². The lowest BCUT2D eigenvalue weighted by Gasteiger charge is -2.02. The van der Waals surface area contributed by atoms with Crippen LogP contribution in [0.2, 0.25) is 0 Å². The van der Waals surface area contributed by atoms with E-state index in [1.807, 2.05) is 36.4 Å². The van der Waals surface area contributed by atoms with E-state index in [0.29, 0.717) is 6.42 Å². The Morgan fingerprint density at radius 1 is 1.47 bits per heavy atom. The lowest BCUT2D eigenvalue weighted by molar-refractivity contribution is -0.141. The Hall–Kier alpha value is -1.09. The SMILES string of the molecule is O=C(O)C1(C=Cc2ccccc2)CC1Br. The standard InChI is InChI=1S/C12H11BrO2/c13-10-8-12(10,11(14)15)7-6-9-4-2-1-3-5-9/h1-7,10H,8H2,(H,14,15). The third-order valence-corrected chi connectivity index (χ3v) is 3.83. The first-order valence-electron chi connectivity index (χ1n) is 4.77. The molecule has 0 aromatic heterocycles. The van der Waals surface area contributed by atoms with Crippen molar-refractivity contribution in [1.82, 2.24) is 0 Å². The molecule has 1 aromatic rings. The maximum atomic E-state index is 11.0. The molecule has 78 valence electrons. The Morgan fingerprint density at radius 3 is 2.53 bits per heavy atom. The minimum Gasteiger partial charge on any atom is -0.481 e. The lowest BCUT2D eigenvalue weighted by atomic mass is 10.1. The number of carboxylic acids is 1. The molecule has 0 radical (unpaired) electrons. The third kappa shape index (κ3) is 1.97. The van der Waals surface area contributed by atoms with Gasteiger partial charge in [-0.15, -0.1) is 0 Å². The van der Waals surface area contributed by atoms with Gasteiger partial charge in [0.1, 0.15) is 0 Å². The van der Waals surface area contributed by atoms with Crippen molar-refractivity contribution in [3.63, 3.8) is 0 Å². The van der Waals surface area contributed by atoms with Crippen LogP contribution in [0.1, 0.15) is 12.0 Å². The van der Waals surface area contributed by atoms with E-state index in [0.717, 1.165) is 5.56 Å². The second-order valence-corrected chi connectivity index (χ2v) is 4.87. The van der Waals surface area contributed by atoms with Gasteiger partial charge in [-0.3, -0.25) is 4.79 Å². The average molecular weight is 267 g/mol. The number of hydrogen-bond acceptors (Lipinski definition) is 1. The number of rotatable bonds is 3. The summed E-state index contributed by atoms with van der Waals surface area (Å²) in [6.07, 6.45) is 4.32. The van der Waals surface area contributed by atoms with Crippen LogP contribution in [0.15, 0.2) is 36.4 Å². The van der Waals surface area contributed by atoms with Crippen molar-refractivity contribution < 1.29 is 9.90 Å². The normalized spacial score (nSPS) is 29.3. The van der Waals surface area contributed by atoms with Crippen LogP contribution in [0.5, 0.6) is 0 Å². The van der Waals surface area contributed by atoms with Crippen molar-refractivity contribution in [1.29, 1.82) is 0 Å². The molecule has 0 spiro atoms. The van der Waals surface area contributed by atoms with Crippen molar-refractivity contribution >= 4 is 28.0 Å². The molecule has 15 heavy (non-hydrogen) atoms. The van der Waals surface area contributed by atoms with Gasteiger partial charge in [0.2, 0.25) is 0 Å². The summed E-state index contributed by atoms with van der Waals surface area (Å²) >= 11 is 3.35. The molecule has 0 heterocycles. The van der Waals surface area contributed by atoms with E-state index >= 15 is 0 Å². The third-order valence-electron chi connectivity index (χ3n) is 2.69. The summed E-state index contributed by atoms with van der Waals surface area (Å²) in [5.74, 6) is -0.753. The molecule has 1 aliphatic rings. The fraction of sp³-hybridized carbons (Fsp3) is 0.250. The van der Waals surface area contributed by atoms with Gasteiger partial charge in [0.15, 0.2) is 0 Å². The van der Waals surface area contributed by atoms with Crippen LogP contribution in [-0.4, -0.2) is 15.9 Å². The molecule has 0 saturated heterocycles. The fourth-order valence-corrected chi connectivity index (χ4v) is 2.40. The number of halogens is 1. The van der Waals surface area contributed by atoms with Crippen LogP contribution in [0.25, 0.3) is 6.08 Å². The summed E-state index contributed by atoms with van der Waals surface area (Å²) in [5, 5.41) is 9.07. The van der Waals surface area contributed by atoms with Gasteiger partial charge in [-0.2, -0.15) is 0 Å². The quantitative estimate of drug-likeness (QED) is 0.855. The van der Waals surface area contributed by atoms with Gasteiger partial charge in [-0.25, -0.2) is 0 Å². The second kappa shape index (κ2) is 3.81. The Bertz CT molecular complexity index is 399. The van der Waals surface area contributed by atoms with E-state index in [-0.39, 0.29) is 4.83 Å². The molecular weight excluding hydrogens is 256 g/mol. The van der Waals surface area contributed by atoms with Gasteiger partial charge in [0.25, 0.3) is 0 Å². The summed E-state index contributed by atoms with van der Waals surface area (Å²) in [6, 6.07) is 9.72. The van der Waals surface area contributed by atoms with Gasteiger partial charge < -0.3 is 5.11 Å². The van der Waals surface area contributed by atoms with E-state index < -0.39 is 11.4 Å². The zero-order chi connectivity index (χ0) is 10.9. The molecule has 0 bridgehead atoms. The van der Waals surface area contributed by atoms with Crippen molar-refractivity contribution in [2.45, 2.75) is 11.2 Å². The van der Waals surface area contributed by atoms with Crippen molar-refractivity contribution in [2.75, 3.05) is 0 Å². The molecule has 1 saturated carbocycles. The molecule has 1 fully saturated rings. The van der Waals surface area contributed by atoms with Crippen LogP contribution in [-0.2, 0) is 4.79 Å². The highest BCUT2D eigenvalue weighted by Crippen LogP contribution is 2.53. The van der Waals surface area contributed by atoms with E-state index in [2.05, 4.69) is 15.9 Å². The minimum atomic E-state index is -0.753. The number of aliphatic carboxylic acids is 1. The Balaban J connectivity index is 2.16. The zero-order valence-corrected chi connectivity index (χ0v) is 9.65. The monoisotopic (exact) mass is 266 g/mol. The lowest BCUT2D eigenvalue weighted by Crippen LogP contribution is -2.14. The first kappa shape index (κ1) is 10.4. The first-order chi connectivity index (χ1) is 7.15. The molecular formula is C12H11BrO2. The molecule has 1 N–H and O–H groups in total. The first-order valence-corrected chi connectivity index (χ1v) is 5.68. The van der Waals surface area contributed by atoms with Crippen molar-refractivity contribution in [2.24, 2.45) is 5.41 Å². The summed E-state index contributed by atoms with van der Waals surface area (Å²) in [7, 11) is 0. The Morgan fingerprint density at radius 2 is 2.07 bits per heavy atom. The molecule has 1 aliphatic carbocycles. The highest BCUT2D eigenvalue weighted by molar-refractivity contribution is 9.09. The Labute approximate surface area is 96.7 Å². The van der Waals surface area contributed by atoms with Gasteiger partial charge in [-0.1, -0.05) is 58.4 Å². The highest BCUT2D eigenvalue weighted by atomic mass is 79.9. The van der Waals surface area contributed by atoms with Crippen LogP contribution >= 0.6 is 15.9 Å². The summed E-state index contributed by atoms with van der Waals surface area (Å²) in [5.41, 5.74) is 0.347. The minimum absolute atomic E-state index is 0.0717. The number of alkyl halides is 1. The van der Waals surface area contributed by atoms with Crippen molar-refractivity contribution in [3.05, 3.63) is 42.0 Å². The largest absolute Gasteiger partial charge is 0.481 e. The molecule has 0 amide bonds. The molecule has 2 unspecified atom stereocenters. The molecule has 2 rings (SSSR count). The molecule has 0 aliphatic heterocycles. The van der Waals surface area contributed by atoms with E-state index in [1.165, 1.54) is 0 Å². The van der Waals surface area contributed by atoms with Crippen LogP contribution in [0.3, 0.4) is 0 Å². The number of hydrogen-bond donors (Lipinski definition) is 1. The highest BCUT2D eigenvalue weighted by Gasteiger charge is 2.57. The van der Waals surface area contributed by atoms with Gasteiger partial charge >= 0.3 is 5.97 Å². The van der Waals surface area contributed by atoms with Gasteiger partial charge in [-0.05, 0) is 12.0 Å². The molecule has 2 atom stereocenters. The Kier molecular flexibility index (Phi) is 2.65. The predicted octanol–water partition coefficient (Wildman–Crippen LogP) is 2.94. The van der Waals surface area contributed by atoms with Gasteiger partial charge in [0.05, 0.1) is 5.41 Å². The van der Waals surface area contributed by atoms with Crippen LogP contribution in [0.4, 0.5) is 0 Å². The molecule has 1 aromatic carbocycles.